The average Bonchev–Trinajstić information content (AvgIpc) is 3.29. The highest BCUT2D eigenvalue weighted by atomic mass is 32.1. The van der Waals surface area contributed by atoms with Crippen LogP contribution in [0.15, 0.2) is 66.0 Å². The molecule has 0 bridgehead atoms. The van der Waals surface area contributed by atoms with Gasteiger partial charge in [0.15, 0.2) is 0 Å². The number of rotatable bonds is 8. The van der Waals surface area contributed by atoms with Crippen molar-refractivity contribution < 1.29 is 9.59 Å². The molecule has 0 aliphatic rings. The van der Waals surface area contributed by atoms with Gasteiger partial charge in [-0.1, -0.05) is 57.2 Å². The van der Waals surface area contributed by atoms with Crippen LogP contribution in [0.2, 0.25) is 0 Å². The third-order valence-electron chi connectivity index (χ3n) is 5.75. The molecule has 1 aromatic heterocycles. The highest BCUT2D eigenvalue weighted by Gasteiger charge is 2.31. The summed E-state index contributed by atoms with van der Waals surface area (Å²) in [5.41, 5.74) is 3.31. The minimum atomic E-state index is -0.520. The Bertz CT molecular complexity index is 1100. The summed E-state index contributed by atoms with van der Waals surface area (Å²) < 4.78 is 0. The third kappa shape index (κ3) is 6.48. The van der Waals surface area contributed by atoms with Crippen molar-refractivity contribution in [3.05, 3.63) is 82.0 Å². The largest absolute Gasteiger partial charge is 0.377 e. The van der Waals surface area contributed by atoms with E-state index in [0.717, 1.165) is 27.4 Å². The van der Waals surface area contributed by atoms with Crippen LogP contribution >= 0.6 is 11.3 Å². The SMILES string of the molecule is C[C@@H](c1ccccc1)N(Cc1cc(NC(=O)Cc2cccs2)ccc1N(C)C)C(=O)C(C)(C)C. The van der Waals surface area contributed by atoms with Crippen LogP contribution in [0.25, 0.3) is 0 Å². The van der Waals surface area contributed by atoms with E-state index in [-0.39, 0.29) is 17.9 Å². The van der Waals surface area contributed by atoms with Crippen molar-refractivity contribution in [3.8, 4) is 0 Å². The lowest BCUT2D eigenvalue weighted by Crippen LogP contribution is -2.40. The molecule has 1 heterocycles. The summed E-state index contributed by atoms with van der Waals surface area (Å²) in [7, 11) is 3.98. The van der Waals surface area contributed by atoms with Gasteiger partial charge >= 0.3 is 0 Å². The zero-order valence-corrected chi connectivity index (χ0v) is 21.8. The summed E-state index contributed by atoms with van der Waals surface area (Å²) in [6.07, 6.45) is 0.349. The van der Waals surface area contributed by atoms with E-state index in [0.29, 0.717) is 13.0 Å². The minimum absolute atomic E-state index is 0.0497. The first-order valence-electron chi connectivity index (χ1n) is 11.5. The second-order valence-corrected chi connectivity index (χ2v) is 10.8. The maximum atomic E-state index is 13.5. The van der Waals surface area contributed by atoms with Crippen LogP contribution < -0.4 is 10.2 Å². The summed E-state index contributed by atoms with van der Waals surface area (Å²) >= 11 is 1.57. The van der Waals surface area contributed by atoms with E-state index < -0.39 is 5.41 Å². The van der Waals surface area contributed by atoms with E-state index in [2.05, 4.69) is 24.4 Å². The Morgan fingerprint density at radius 2 is 1.71 bits per heavy atom. The van der Waals surface area contributed by atoms with Gasteiger partial charge in [0.2, 0.25) is 11.8 Å². The van der Waals surface area contributed by atoms with E-state index in [1.807, 2.05) is 98.6 Å². The smallest absolute Gasteiger partial charge is 0.229 e. The lowest BCUT2D eigenvalue weighted by atomic mass is 9.92. The standard InChI is InChI=1S/C28H35N3O2S/c1-20(21-11-8-7-9-12-21)31(27(33)28(2,3)4)19-22-17-23(14-15-25(22)30(5)6)29-26(32)18-24-13-10-16-34-24/h7-17,20H,18-19H2,1-6H3,(H,29,32)/t20-/m0/s1. The third-order valence-corrected chi connectivity index (χ3v) is 6.63. The van der Waals surface area contributed by atoms with Gasteiger partial charge in [0.05, 0.1) is 12.5 Å². The molecule has 1 N–H and O–H groups in total. The number of amides is 2. The molecule has 5 nitrogen and oxygen atoms in total. The lowest BCUT2D eigenvalue weighted by Gasteiger charge is -2.35. The van der Waals surface area contributed by atoms with Crippen molar-refractivity contribution in [2.45, 2.75) is 46.7 Å². The molecule has 2 aromatic carbocycles. The number of nitrogens with one attached hydrogen (secondary N) is 1. The van der Waals surface area contributed by atoms with Gasteiger partial charge < -0.3 is 15.1 Å². The van der Waals surface area contributed by atoms with E-state index in [1.54, 1.807) is 11.3 Å². The minimum Gasteiger partial charge on any atom is -0.377 e. The first kappa shape index (κ1) is 25.5. The number of thiophene rings is 1. The number of nitrogens with zero attached hydrogens (tertiary/aromatic N) is 2. The maximum Gasteiger partial charge on any atom is 0.229 e. The van der Waals surface area contributed by atoms with Crippen molar-refractivity contribution in [3.63, 3.8) is 0 Å². The Hall–Kier alpha value is -3.12. The van der Waals surface area contributed by atoms with Crippen LogP contribution in [-0.2, 0) is 22.6 Å². The summed E-state index contributed by atoms with van der Waals surface area (Å²) in [5, 5.41) is 5.00. The van der Waals surface area contributed by atoms with E-state index in [9.17, 15) is 9.59 Å². The first-order chi connectivity index (χ1) is 16.1. The van der Waals surface area contributed by atoms with Crippen LogP contribution in [-0.4, -0.2) is 30.8 Å². The van der Waals surface area contributed by atoms with Crippen molar-refractivity contribution in [1.29, 1.82) is 0 Å². The predicted molar refractivity (Wildman–Crippen MR) is 142 cm³/mol. The molecule has 0 spiro atoms. The van der Waals surface area contributed by atoms with Gasteiger partial charge in [-0.15, -0.1) is 11.3 Å². The quantitative estimate of drug-likeness (QED) is 0.424. The Morgan fingerprint density at radius 1 is 1.00 bits per heavy atom. The normalized spacial score (nSPS) is 12.2. The van der Waals surface area contributed by atoms with Gasteiger partial charge in [0.1, 0.15) is 0 Å². The van der Waals surface area contributed by atoms with Crippen molar-refractivity contribution >= 4 is 34.5 Å². The fourth-order valence-corrected chi connectivity index (χ4v) is 4.62. The summed E-state index contributed by atoms with van der Waals surface area (Å²) in [6, 6.07) is 19.8. The second kappa shape index (κ2) is 10.9. The number of anilines is 2. The Morgan fingerprint density at radius 3 is 2.29 bits per heavy atom. The molecule has 34 heavy (non-hydrogen) atoms. The highest BCUT2D eigenvalue weighted by molar-refractivity contribution is 7.10. The van der Waals surface area contributed by atoms with Crippen molar-refractivity contribution in [2.75, 3.05) is 24.3 Å². The Labute approximate surface area is 207 Å². The zero-order valence-electron chi connectivity index (χ0n) is 21.0. The molecule has 0 fully saturated rings. The number of hydrogen-bond acceptors (Lipinski definition) is 4. The van der Waals surface area contributed by atoms with Crippen LogP contribution in [0.1, 0.15) is 49.7 Å². The fraction of sp³-hybridized carbons (Fsp3) is 0.357. The molecular formula is C28H35N3O2S. The molecule has 6 heteroatoms. The van der Waals surface area contributed by atoms with Gasteiger partial charge in [-0.3, -0.25) is 9.59 Å². The number of carbonyl (C=O) groups excluding carboxylic acids is 2. The van der Waals surface area contributed by atoms with Gasteiger partial charge in [0, 0.05) is 42.3 Å². The zero-order chi connectivity index (χ0) is 24.9. The lowest BCUT2D eigenvalue weighted by molar-refractivity contribution is -0.142. The summed E-state index contributed by atoms with van der Waals surface area (Å²) in [6.45, 7) is 8.37. The molecule has 180 valence electrons. The van der Waals surface area contributed by atoms with Crippen LogP contribution in [0.3, 0.4) is 0 Å². The molecule has 1 atom stereocenters. The molecule has 2 amide bonds. The monoisotopic (exact) mass is 477 g/mol. The number of carbonyl (C=O) groups is 2. The molecule has 0 unspecified atom stereocenters. The predicted octanol–water partition coefficient (Wildman–Crippen LogP) is 6.13. The van der Waals surface area contributed by atoms with E-state index >= 15 is 0 Å². The molecule has 3 aromatic rings. The topological polar surface area (TPSA) is 52.7 Å². The van der Waals surface area contributed by atoms with Gasteiger partial charge in [-0.25, -0.2) is 0 Å². The van der Waals surface area contributed by atoms with Gasteiger partial charge in [-0.2, -0.15) is 0 Å². The van der Waals surface area contributed by atoms with Crippen molar-refractivity contribution in [1.82, 2.24) is 4.90 Å². The molecule has 0 radical (unpaired) electrons. The molecular weight excluding hydrogens is 442 g/mol. The van der Waals surface area contributed by atoms with Crippen molar-refractivity contribution in [2.24, 2.45) is 5.41 Å². The van der Waals surface area contributed by atoms with Crippen LogP contribution in [0.4, 0.5) is 11.4 Å². The first-order valence-corrected chi connectivity index (χ1v) is 12.4. The molecule has 0 saturated heterocycles. The Balaban J connectivity index is 1.92. The highest BCUT2D eigenvalue weighted by Crippen LogP contribution is 2.32. The van der Waals surface area contributed by atoms with Crippen LogP contribution in [0, 0.1) is 5.41 Å². The van der Waals surface area contributed by atoms with Gasteiger partial charge in [0.25, 0.3) is 0 Å². The average molecular weight is 478 g/mol. The molecule has 0 aliphatic heterocycles. The summed E-state index contributed by atoms with van der Waals surface area (Å²) in [5.74, 6) is 0.0342. The van der Waals surface area contributed by atoms with E-state index in [1.165, 1.54) is 0 Å². The second-order valence-electron chi connectivity index (χ2n) is 9.81. The molecule has 0 aliphatic carbocycles. The van der Waals surface area contributed by atoms with Gasteiger partial charge in [-0.05, 0) is 47.7 Å². The number of benzene rings is 2. The molecule has 0 saturated carbocycles. The number of hydrogen-bond donors (Lipinski definition) is 1. The maximum absolute atomic E-state index is 13.5. The van der Waals surface area contributed by atoms with E-state index in [4.69, 9.17) is 0 Å². The fourth-order valence-electron chi connectivity index (χ4n) is 3.91. The Kier molecular flexibility index (Phi) is 8.15. The summed E-state index contributed by atoms with van der Waals surface area (Å²) in [4.78, 5) is 31.1. The van der Waals surface area contributed by atoms with Crippen LogP contribution in [0.5, 0.6) is 0 Å². The molecule has 3 rings (SSSR count).